The van der Waals surface area contributed by atoms with Gasteiger partial charge in [-0.2, -0.15) is 0 Å². The predicted octanol–water partition coefficient (Wildman–Crippen LogP) is 2.03. The van der Waals surface area contributed by atoms with Crippen molar-refractivity contribution in [1.82, 2.24) is 20.2 Å². The van der Waals surface area contributed by atoms with Gasteiger partial charge in [0.25, 0.3) is 0 Å². The third kappa shape index (κ3) is 4.01. The van der Waals surface area contributed by atoms with Crippen LogP contribution in [0.1, 0.15) is 44.5 Å². The zero-order valence-corrected chi connectivity index (χ0v) is 15.1. The summed E-state index contributed by atoms with van der Waals surface area (Å²) in [6.07, 6.45) is 1.30. The van der Waals surface area contributed by atoms with Gasteiger partial charge in [-0.25, -0.2) is 9.97 Å². The van der Waals surface area contributed by atoms with Crippen molar-refractivity contribution >= 4 is 5.95 Å². The van der Waals surface area contributed by atoms with Gasteiger partial charge < -0.3 is 10.2 Å². The van der Waals surface area contributed by atoms with Gasteiger partial charge in [-0.3, -0.25) is 4.90 Å². The first-order chi connectivity index (χ1) is 11.0. The van der Waals surface area contributed by atoms with Crippen LogP contribution in [0.15, 0.2) is 6.07 Å². The molecule has 3 rings (SSSR count). The molecule has 0 bridgehead atoms. The molecule has 0 aromatic carbocycles. The summed E-state index contributed by atoms with van der Waals surface area (Å²) in [6.45, 7) is 16.7. The van der Waals surface area contributed by atoms with E-state index in [1.165, 1.54) is 19.5 Å². The number of rotatable bonds is 4. The van der Waals surface area contributed by atoms with Crippen LogP contribution in [0.2, 0.25) is 0 Å². The van der Waals surface area contributed by atoms with Crippen LogP contribution in [0.25, 0.3) is 0 Å². The van der Waals surface area contributed by atoms with Gasteiger partial charge in [0.1, 0.15) is 0 Å². The number of anilines is 1. The Morgan fingerprint density at radius 3 is 2.57 bits per heavy atom. The second-order valence-corrected chi connectivity index (χ2v) is 7.89. The monoisotopic (exact) mass is 317 g/mol. The van der Waals surface area contributed by atoms with Crippen molar-refractivity contribution in [2.24, 2.45) is 5.41 Å². The van der Waals surface area contributed by atoms with Crippen molar-refractivity contribution in [3.63, 3.8) is 0 Å². The molecule has 1 N–H and O–H groups in total. The predicted molar refractivity (Wildman–Crippen MR) is 95.1 cm³/mol. The van der Waals surface area contributed by atoms with Crippen LogP contribution >= 0.6 is 0 Å². The maximum atomic E-state index is 4.79. The molecule has 1 atom stereocenters. The lowest BCUT2D eigenvalue weighted by Gasteiger charge is -2.38. The van der Waals surface area contributed by atoms with Gasteiger partial charge in [0.2, 0.25) is 5.95 Å². The van der Waals surface area contributed by atoms with Crippen LogP contribution in [0.4, 0.5) is 5.95 Å². The molecule has 2 saturated heterocycles. The fraction of sp³-hybridized carbons (Fsp3) is 0.778. The van der Waals surface area contributed by atoms with Gasteiger partial charge in [0, 0.05) is 50.7 Å². The molecule has 1 aromatic rings. The highest BCUT2D eigenvalue weighted by molar-refractivity contribution is 5.34. The number of hydrogen-bond donors (Lipinski definition) is 1. The fourth-order valence-electron chi connectivity index (χ4n) is 3.66. The first kappa shape index (κ1) is 16.7. The first-order valence-electron chi connectivity index (χ1n) is 8.99. The fourth-order valence-corrected chi connectivity index (χ4v) is 3.66. The zero-order valence-electron chi connectivity index (χ0n) is 15.1. The molecule has 2 aliphatic heterocycles. The van der Waals surface area contributed by atoms with Crippen LogP contribution < -0.4 is 10.2 Å². The van der Waals surface area contributed by atoms with Crippen LogP contribution in [0.3, 0.4) is 0 Å². The molecule has 0 radical (unpaired) electrons. The maximum absolute atomic E-state index is 4.79. The molecule has 5 heteroatoms. The highest BCUT2D eigenvalue weighted by atomic mass is 15.3. The number of nitrogens with zero attached hydrogens (tertiary/aromatic N) is 4. The topological polar surface area (TPSA) is 44.3 Å². The van der Waals surface area contributed by atoms with Crippen molar-refractivity contribution < 1.29 is 0 Å². The SMILES string of the molecule is Cc1cc(C(C)C)nc(N2CCN(CC3(C)CCNC3)CC2)n1. The molecule has 0 amide bonds. The Kier molecular flexibility index (Phi) is 4.87. The minimum absolute atomic E-state index is 0.451. The van der Waals surface area contributed by atoms with E-state index in [-0.39, 0.29) is 0 Å². The van der Waals surface area contributed by atoms with Crippen LogP contribution in [-0.4, -0.2) is 60.7 Å². The molecular weight excluding hydrogens is 286 g/mol. The normalized spacial score (nSPS) is 26.2. The summed E-state index contributed by atoms with van der Waals surface area (Å²) in [5.74, 6) is 1.37. The number of hydrogen-bond acceptors (Lipinski definition) is 5. The molecule has 23 heavy (non-hydrogen) atoms. The molecular formula is C18H31N5. The van der Waals surface area contributed by atoms with E-state index in [9.17, 15) is 0 Å². The summed E-state index contributed by atoms with van der Waals surface area (Å²) in [4.78, 5) is 14.4. The van der Waals surface area contributed by atoms with Gasteiger partial charge in [0.05, 0.1) is 0 Å². The largest absolute Gasteiger partial charge is 0.338 e. The molecule has 5 nitrogen and oxygen atoms in total. The molecule has 2 fully saturated rings. The van der Waals surface area contributed by atoms with Crippen molar-refractivity contribution in [2.45, 2.75) is 40.0 Å². The van der Waals surface area contributed by atoms with E-state index < -0.39 is 0 Å². The summed E-state index contributed by atoms with van der Waals surface area (Å²) >= 11 is 0. The van der Waals surface area contributed by atoms with Gasteiger partial charge in [-0.05, 0) is 37.3 Å². The van der Waals surface area contributed by atoms with Crippen molar-refractivity contribution in [1.29, 1.82) is 0 Å². The Hall–Kier alpha value is -1.20. The number of aryl methyl sites for hydroxylation is 1. The average Bonchev–Trinajstić information content (AvgIpc) is 2.93. The van der Waals surface area contributed by atoms with E-state index in [0.29, 0.717) is 11.3 Å². The first-order valence-corrected chi connectivity index (χ1v) is 8.99. The maximum Gasteiger partial charge on any atom is 0.225 e. The van der Waals surface area contributed by atoms with Crippen LogP contribution in [0.5, 0.6) is 0 Å². The summed E-state index contributed by atoms with van der Waals surface area (Å²) < 4.78 is 0. The van der Waals surface area contributed by atoms with Gasteiger partial charge in [0.15, 0.2) is 0 Å². The lowest BCUT2D eigenvalue weighted by Crippen LogP contribution is -2.50. The van der Waals surface area contributed by atoms with E-state index in [2.05, 4.69) is 53.9 Å². The summed E-state index contributed by atoms with van der Waals surface area (Å²) in [5, 5.41) is 3.50. The quantitative estimate of drug-likeness (QED) is 0.920. The lowest BCUT2D eigenvalue weighted by atomic mass is 9.89. The highest BCUT2D eigenvalue weighted by Gasteiger charge is 2.32. The Morgan fingerprint density at radius 1 is 1.22 bits per heavy atom. The second-order valence-electron chi connectivity index (χ2n) is 7.89. The van der Waals surface area contributed by atoms with Crippen molar-refractivity contribution in [2.75, 3.05) is 50.7 Å². The number of nitrogens with one attached hydrogen (secondary N) is 1. The third-order valence-electron chi connectivity index (χ3n) is 5.17. The van der Waals surface area contributed by atoms with Crippen LogP contribution in [-0.2, 0) is 0 Å². The Bertz CT molecular complexity index is 528. The van der Waals surface area contributed by atoms with Crippen LogP contribution in [0, 0.1) is 12.3 Å². The Balaban J connectivity index is 1.60. The summed E-state index contributed by atoms with van der Waals surface area (Å²) in [5.41, 5.74) is 2.68. The zero-order chi connectivity index (χ0) is 16.4. The summed E-state index contributed by atoms with van der Waals surface area (Å²) in [7, 11) is 0. The molecule has 2 aliphatic rings. The number of aromatic nitrogens is 2. The molecule has 0 aliphatic carbocycles. The highest BCUT2D eigenvalue weighted by Crippen LogP contribution is 2.26. The Morgan fingerprint density at radius 2 is 1.96 bits per heavy atom. The molecule has 128 valence electrons. The minimum Gasteiger partial charge on any atom is -0.338 e. The minimum atomic E-state index is 0.451. The van der Waals surface area contributed by atoms with E-state index >= 15 is 0 Å². The van der Waals surface area contributed by atoms with Crippen molar-refractivity contribution in [3.8, 4) is 0 Å². The molecule has 3 heterocycles. The van der Waals surface area contributed by atoms with E-state index in [4.69, 9.17) is 4.98 Å². The molecule has 0 spiro atoms. The average molecular weight is 317 g/mol. The molecule has 0 saturated carbocycles. The van der Waals surface area contributed by atoms with Gasteiger partial charge in [-0.15, -0.1) is 0 Å². The lowest BCUT2D eigenvalue weighted by molar-refractivity contribution is 0.169. The Labute approximate surface area is 140 Å². The van der Waals surface area contributed by atoms with Gasteiger partial charge in [-0.1, -0.05) is 20.8 Å². The smallest absolute Gasteiger partial charge is 0.225 e. The second kappa shape index (κ2) is 6.73. The van der Waals surface area contributed by atoms with Gasteiger partial charge >= 0.3 is 0 Å². The van der Waals surface area contributed by atoms with Crippen molar-refractivity contribution in [3.05, 3.63) is 17.5 Å². The summed E-state index contributed by atoms with van der Waals surface area (Å²) in [6, 6.07) is 2.11. The van der Waals surface area contributed by atoms with E-state index in [1.807, 2.05) is 0 Å². The van der Waals surface area contributed by atoms with E-state index in [0.717, 1.165) is 50.1 Å². The third-order valence-corrected chi connectivity index (χ3v) is 5.17. The number of piperazine rings is 1. The van der Waals surface area contributed by atoms with E-state index in [1.54, 1.807) is 0 Å². The standard InChI is InChI=1S/C18H31N5/c1-14(2)16-11-15(3)20-17(21-16)23-9-7-22(8-10-23)13-18(4)5-6-19-12-18/h11,14,19H,5-10,12-13H2,1-4H3. The molecule has 1 unspecified atom stereocenters. The molecule has 1 aromatic heterocycles.